The van der Waals surface area contributed by atoms with Crippen LogP contribution in [-0.2, 0) is 9.53 Å². The van der Waals surface area contributed by atoms with Gasteiger partial charge in [-0.2, -0.15) is 0 Å². The number of carbonyl (C=O) groups is 1. The van der Waals surface area contributed by atoms with Gasteiger partial charge in [0.2, 0.25) is 5.91 Å². The molecular formula is C14H26N2O2. The van der Waals surface area contributed by atoms with Crippen molar-refractivity contribution in [3.63, 3.8) is 0 Å². The van der Waals surface area contributed by atoms with Gasteiger partial charge in [0.25, 0.3) is 0 Å². The highest BCUT2D eigenvalue weighted by Crippen LogP contribution is 2.54. The summed E-state index contributed by atoms with van der Waals surface area (Å²) in [6.45, 7) is 4.91. The molecule has 0 radical (unpaired) electrons. The van der Waals surface area contributed by atoms with Crippen molar-refractivity contribution in [3.05, 3.63) is 0 Å². The largest absolute Gasteiger partial charge is 0.378 e. The Bertz CT molecular complexity index is 300. The molecule has 0 aliphatic heterocycles. The third-order valence-corrected chi connectivity index (χ3v) is 4.68. The van der Waals surface area contributed by atoms with Crippen LogP contribution in [0.4, 0.5) is 0 Å². The van der Waals surface area contributed by atoms with Crippen LogP contribution in [0.3, 0.4) is 0 Å². The Morgan fingerprint density at radius 1 is 1.50 bits per heavy atom. The van der Waals surface area contributed by atoms with E-state index < -0.39 is 0 Å². The smallest absolute Gasteiger partial charge is 0.218 e. The van der Waals surface area contributed by atoms with Crippen LogP contribution in [-0.4, -0.2) is 30.7 Å². The van der Waals surface area contributed by atoms with Gasteiger partial charge in [0, 0.05) is 30.5 Å². The number of amides is 1. The lowest BCUT2D eigenvalue weighted by Crippen LogP contribution is -2.64. The Morgan fingerprint density at radius 2 is 2.17 bits per heavy atom. The SMILES string of the molecule is CCOC1CC(NC(C)CC(N)=O)C12CCCC2. The van der Waals surface area contributed by atoms with Gasteiger partial charge in [0.05, 0.1) is 6.10 Å². The first-order chi connectivity index (χ1) is 8.58. The van der Waals surface area contributed by atoms with Crippen LogP contribution in [0.1, 0.15) is 52.4 Å². The Labute approximate surface area is 110 Å². The molecule has 0 aromatic carbocycles. The predicted octanol–water partition coefficient (Wildman–Crippen LogP) is 1.58. The molecule has 18 heavy (non-hydrogen) atoms. The molecule has 4 nitrogen and oxygen atoms in total. The third kappa shape index (κ3) is 2.54. The number of ether oxygens (including phenoxy) is 1. The van der Waals surface area contributed by atoms with Crippen molar-refractivity contribution in [3.8, 4) is 0 Å². The zero-order valence-corrected chi connectivity index (χ0v) is 11.6. The fourth-order valence-electron chi connectivity index (χ4n) is 3.82. The molecule has 1 spiro atoms. The zero-order chi connectivity index (χ0) is 13.2. The summed E-state index contributed by atoms with van der Waals surface area (Å²) < 4.78 is 5.88. The molecule has 0 heterocycles. The third-order valence-electron chi connectivity index (χ3n) is 4.68. The second kappa shape index (κ2) is 5.57. The van der Waals surface area contributed by atoms with E-state index in [1.54, 1.807) is 0 Å². The van der Waals surface area contributed by atoms with E-state index >= 15 is 0 Å². The van der Waals surface area contributed by atoms with E-state index in [9.17, 15) is 4.79 Å². The van der Waals surface area contributed by atoms with E-state index in [1.807, 2.05) is 6.92 Å². The lowest BCUT2D eigenvalue weighted by atomic mass is 9.60. The Kier molecular flexibility index (Phi) is 4.28. The fourth-order valence-corrected chi connectivity index (χ4v) is 3.82. The number of rotatable bonds is 6. The van der Waals surface area contributed by atoms with Crippen LogP contribution in [0.5, 0.6) is 0 Å². The van der Waals surface area contributed by atoms with Gasteiger partial charge in [0.15, 0.2) is 0 Å². The van der Waals surface area contributed by atoms with E-state index in [2.05, 4.69) is 12.2 Å². The molecule has 0 aromatic heterocycles. The number of nitrogens with one attached hydrogen (secondary N) is 1. The average molecular weight is 254 g/mol. The van der Waals surface area contributed by atoms with E-state index in [-0.39, 0.29) is 11.9 Å². The van der Waals surface area contributed by atoms with Crippen molar-refractivity contribution in [2.24, 2.45) is 11.1 Å². The van der Waals surface area contributed by atoms with Gasteiger partial charge < -0.3 is 15.8 Å². The van der Waals surface area contributed by atoms with Crippen molar-refractivity contribution >= 4 is 5.91 Å². The molecule has 2 fully saturated rings. The minimum absolute atomic E-state index is 0.174. The quantitative estimate of drug-likeness (QED) is 0.756. The molecule has 0 bridgehead atoms. The van der Waals surface area contributed by atoms with Gasteiger partial charge in [-0.05, 0) is 33.1 Å². The number of hydrogen-bond acceptors (Lipinski definition) is 3. The topological polar surface area (TPSA) is 64.3 Å². The first-order valence-electron chi connectivity index (χ1n) is 7.24. The van der Waals surface area contributed by atoms with Crippen molar-refractivity contribution in [1.29, 1.82) is 0 Å². The van der Waals surface area contributed by atoms with Gasteiger partial charge in [-0.3, -0.25) is 4.79 Å². The van der Waals surface area contributed by atoms with E-state index in [0.29, 0.717) is 24.0 Å². The standard InChI is InChI=1S/C14H26N2O2/c1-3-18-12-9-11(14(12)6-4-5-7-14)16-10(2)8-13(15)17/h10-12,16H,3-9H2,1-2H3,(H2,15,17). The van der Waals surface area contributed by atoms with E-state index in [1.165, 1.54) is 25.7 Å². The molecule has 104 valence electrons. The molecule has 1 amide bonds. The number of carbonyl (C=O) groups excluding carboxylic acids is 1. The van der Waals surface area contributed by atoms with Gasteiger partial charge in [-0.15, -0.1) is 0 Å². The predicted molar refractivity (Wildman–Crippen MR) is 71.1 cm³/mol. The molecular weight excluding hydrogens is 228 g/mol. The Balaban J connectivity index is 1.91. The summed E-state index contributed by atoms with van der Waals surface area (Å²) in [6.07, 6.45) is 7.07. The molecule has 3 atom stereocenters. The monoisotopic (exact) mass is 254 g/mol. The number of primary amides is 1. The maximum absolute atomic E-state index is 10.9. The minimum atomic E-state index is -0.226. The number of hydrogen-bond donors (Lipinski definition) is 2. The molecule has 2 aliphatic carbocycles. The molecule has 3 N–H and O–H groups in total. The number of nitrogens with two attached hydrogens (primary N) is 1. The first-order valence-corrected chi connectivity index (χ1v) is 7.24. The van der Waals surface area contributed by atoms with Crippen LogP contribution < -0.4 is 11.1 Å². The molecule has 2 rings (SSSR count). The molecule has 0 saturated heterocycles. The summed E-state index contributed by atoms with van der Waals surface area (Å²) in [5.74, 6) is -0.226. The zero-order valence-electron chi connectivity index (χ0n) is 11.6. The average Bonchev–Trinajstić information content (AvgIpc) is 2.78. The van der Waals surface area contributed by atoms with Crippen LogP contribution >= 0.6 is 0 Å². The summed E-state index contributed by atoms with van der Waals surface area (Å²) in [5.41, 5.74) is 5.58. The van der Waals surface area contributed by atoms with Crippen molar-refractivity contribution in [1.82, 2.24) is 5.32 Å². The molecule has 3 unspecified atom stereocenters. The molecule has 2 aliphatic rings. The molecule has 0 aromatic rings. The normalized spacial score (nSPS) is 31.2. The van der Waals surface area contributed by atoms with Gasteiger partial charge in [0.1, 0.15) is 0 Å². The maximum Gasteiger partial charge on any atom is 0.218 e. The summed E-state index contributed by atoms with van der Waals surface area (Å²) in [7, 11) is 0. The van der Waals surface area contributed by atoms with Crippen molar-refractivity contribution < 1.29 is 9.53 Å². The lowest BCUT2D eigenvalue weighted by Gasteiger charge is -2.55. The highest BCUT2D eigenvalue weighted by Gasteiger charge is 2.56. The highest BCUT2D eigenvalue weighted by molar-refractivity contribution is 5.74. The Hall–Kier alpha value is -0.610. The first kappa shape index (κ1) is 13.8. The second-order valence-corrected chi connectivity index (χ2v) is 5.91. The van der Waals surface area contributed by atoms with Crippen LogP contribution in [0, 0.1) is 5.41 Å². The fraction of sp³-hybridized carbons (Fsp3) is 0.929. The summed E-state index contributed by atoms with van der Waals surface area (Å²) in [6, 6.07) is 0.679. The van der Waals surface area contributed by atoms with Crippen LogP contribution in [0.2, 0.25) is 0 Å². The van der Waals surface area contributed by atoms with Gasteiger partial charge in [-0.1, -0.05) is 12.8 Å². The van der Waals surface area contributed by atoms with E-state index in [4.69, 9.17) is 10.5 Å². The lowest BCUT2D eigenvalue weighted by molar-refractivity contribution is -0.133. The van der Waals surface area contributed by atoms with E-state index in [0.717, 1.165) is 13.0 Å². The summed E-state index contributed by atoms with van der Waals surface area (Å²) >= 11 is 0. The van der Waals surface area contributed by atoms with Crippen molar-refractivity contribution in [2.45, 2.75) is 70.6 Å². The maximum atomic E-state index is 10.9. The highest BCUT2D eigenvalue weighted by atomic mass is 16.5. The minimum Gasteiger partial charge on any atom is -0.378 e. The summed E-state index contributed by atoms with van der Waals surface area (Å²) in [4.78, 5) is 10.9. The second-order valence-electron chi connectivity index (χ2n) is 5.91. The molecule has 2 saturated carbocycles. The van der Waals surface area contributed by atoms with Gasteiger partial charge >= 0.3 is 0 Å². The van der Waals surface area contributed by atoms with Gasteiger partial charge in [-0.25, -0.2) is 0 Å². The Morgan fingerprint density at radius 3 is 2.72 bits per heavy atom. The molecule has 4 heteroatoms. The van der Waals surface area contributed by atoms with Crippen LogP contribution in [0.15, 0.2) is 0 Å². The van der Waals surface area contributed by atoms with Crippen molar-refractivity contribution in [2.75, 3.05) is 6.61 Å². The summed E-state index contributed by atoms with van der Waals surface area (Å²) in [5, 5.41) is 3.59. The van der Waals surface area contributed by atoms with Crippen LogP contribution in [0.25, 0.3) is 0 Å².